The van der Waals surface area contributed by atoms with E-state index in [9.17, 15) is 4.39 Å². The molecule has 118 valence electrons. The lowest BCUT2D eigenvalue weighted by atomic mass is 10.1. The Bertz CT molecular complexity index is 967. The third-order valence-corrected chi connectivity index (χ3v) is 4.62. The maximum atomic E-state index is 13.2. The molecule has 0 saturated heterocycles. The van der Waals surface area contributed by atoms with Crippen molar-refractivity contribution in [2.75, 3.05) is 5.32 Å². The maximum absolute atomic E-state index is 13.2. The third kappa shape index (κ3) is 2.83. The van der Waals surface area contributed by atoms with E-state index in [0.29, 0.717) is 6.54 Å². The van der Waals surface area contributed by atoms with Crippen molar-refractivity contribution in [1.29, 1.82) is 0 Å². The SMILES string of the molecule is Fc1ccc(-c2csc3ncnc(NCc4ccncc4)c23)cc1. The molecular weight excluding hydrogens is 323 g/mol. The van der Waals surface area contributed by atoms with Crippen molar-refractivity contribution < 1.29 is 4.39 Å². The lowest BCUT2D eigenvalue weighted by Gasteiger charge is -2.08. The van der Waals surface area contributed by atoms with Gasteiger partial charge in [0.25, 0.3) is 0 Å². The summed E-state index contributed by atoms with van der Waals surface area (Å²) in [5.74, 6) is 0.531. The first-order valence-electron chi connectivity index (χ1n) is 7.42. The number of benzene rings is 1. The molecule has 0 spiro atoms. The fraction of sp³-hybridized carbons (Fsp3) is 0.0556. The molecular formula is C18H13FN4S. The Kier molecular flexibility index (Phi) is 3.88. The molecule has 0 bridgehead atoms. The Morgan fingerprint density at radius 2 is 1.79 bits per heavy atom. The van der Waals surface area contributed by atoms with Crippen LogP contribution in [0.2, 0.25) is 0 Å². The van der Waals surface area contributed by atoms with Crippen molar-refractivity contribution in [2.24, 2.45) is 0 Å². The van der Waals surface area contributed by atoms with Crippen LogP contribution >= 0.6 is 11.3 Å². The van der Waals surface area contributed by atoms with Gasteiger partial charge in [-0.15, -0.1) is 11.3 Å². The monoisotopic (exact) mass is 336 g/mol. The van der Waals surface area contributed by atoms with E-state index >= 15 is 0 Å². The highest BCUT2D eigenvalue weighted by molar-refractivity contribution is 7.17. The van der Waals surface area contributed by atoms with E-state index in [1.807, 2.05) is 17.5 Å². The number of thiophene rings is 1. The first kappa shape index (κ1) is 14.7. The zero-order valence-electron chi connectivity index (χ0n) is 12.6. The van der Waals surface area contributed by atoms with Crippen LogP contribution in [0.5, 0.6) is 0 Å². The second-order valence-electron chi connectivity index (χ2n) is 5.27. The van der Waals surface area contributed by atoms with E-state index in [1.54, 1.807) is 42.2 Å². The molecule has 0 aliphatic rings. The van der Waals surface area contributed by atoms with Crippen LogP contribution in [0.4, 0.5) is 10.2 Å². The quantitative estimate of drug-likeness (QED) is 0.596. The summed E-state index contributed by atoms with van der Waals surface area (Å²) in [6.07, 6.45) is 5.09. The number of rotatable bonds is 4. The van der Waals surface area contributed by atoms with E-state index in [-0.39, 0.29) is 5.82 Å². The first-order chi connectivity index (χ1) is 11.8. The van der Waals surface area contributed by atoms with Gasteiger partial charge >= 0.3 is 0 Å². The van der Waals surface area contributed by atoms with Gasteiger partial charge in [0, 0.05) is 29.9 Å². The summed E-state index contributed by atoms with van der Waals surface area (Å²) in [7, 11) is 0. The van der Waals surface area contributed by atoms with Crippen molar-refractivity contribution >= 4 is 27.4 Å². The Labute approximate surface area is 142 Å². The van der Waals surface area contributed by atoms with Crippen LogP contribution in [0.1, 0.15) is 5.56 Å². The van der Waals surface area contributed by atoms with Crippen molar-refractivity contribution in [3.63, 3.8) is 0 Å². The molecule has 0 aliphatic carbocycles. The number of nitrogens with one attached hydrogen (secondary N) is 1. The topological polar surface area (TPSA) is 50.7 Å². The van der Waals surface area contributed by atoms with Gasteiger partial charge in [-0.25, -0.2) is 14.4 Å². The number of halogens is 1. The standard InChI is InChI=1S/C18H13FN4S/c19-14-3-1-13(2-4-14)15-10-24-18-16(15)17(22-11-23-18)21-9-12-5-7-20-8-6-12/h1-8,10-11H,9H2,(H,21,22,23). The summed E-state index contributed by atoms with van der Waals surface area (Å²) in [5.41, 5.74) is 3.08. The average molecular weight is 336 g/mol. The van der Waals surface area contributed by atoms with Gasteiger partial charge in [0.05, 0.1) is 5.39 Å². The predicted octanol–water partition coefficient (Wildman–Crippen LogP) is 4.50. The summed E-state index contributed by atoms with van der Waals surface area (Å²) in [6, 6.07) is 10.4. The van der Waals surface area contributed by atoms with E-state index < -0.39 is 0 Å². The van der Waals surface area contributed by atoms with Gasteiger partial charge in [-0.1, -0.05) is 12.1 Å². The van der Waals surface area contributed by atoms with Crippen LogP contribution in [0.25, 0.3) is 21.3 Å². The van der Waals surface area contributed by atoms with Crippen LogP contribution in [-0.2, 0) is 6.54 Å². The Balaban J connectivity index is 1.73. The van der Waals surface area contributed by atoms with E-state index in [1.165, 1.54) is 12.1 Å². The van der Waals surface area contributed by atoms with Crippen molar-refractivity contribution in [1.82, 2.24) is 15.0 Å². The van der Waals surface area contributed by atoms with E-state index in [4.69, 9.17) is 0 Å². The zero-order valence-corrected chi connectivity index (χ0v) is 13.4. The van der Waals surface area contributed by atoms with Crippen LogP contribution in [0, 0.1) is 5.82 Å². The summed E-state index contributed by atoms with van der Waals surface area (Å²) < 4.78 is 13.2. The molecule has 0 aliphatic heterocycles. The highest BCUT2D eigenvalue weighted by atomic mass is 32.1. The van der Waals surface area contributed by atoms with Crippen molar-refractivity contribution in [2.45, 2.75) is 6.54 Å². The molecule has 0 radical (unpaired) electrons. The van der Waals surface area contributed by atoms with E-state index in [0.717, 1.165) is 32.7 Å². The molecule has 1 aromatic carbocycles. The average Bonchev–Trinajstić information content (AvgIpc) is 3.06. The number of anilines is 1. The largest absolute Gasteiger partial charge is 0.365 e. The minimum atomic E-state index is -0.245. The van der Waals surface area contributed by atoms with Crippen LogP contribution in [-0.4, -0.2) is 15.0 Å². The van der Waals surface area contributed by atoms with Gasteiger partial charge in [0.15, 0.2) is 0 Å². The third-order valence-electron chi connectivity index (χ3n) is 3.73. The minimum Gasteiger partial charge on any atom is -0.365 e. The molecule has 4 aromatic rings. The van der Waals surface area contributed by atoms with Gasteiger partial charge in [-0.05, 0) is 35.4 Å². The molecule has 24 heavy (non-hydrogen) atoms. The smallest absolute Gasteiger partial charge is 0.139 e. The van der Waals surface area contributed by atoms with Crippen LogP contribution in [0.3, 0.4) is 0 Å². The molecule has 0 fully saturated rings. The van der Waals surface area contributed by atoms with Gasteiger partial charge in [-0.3, -0.25) is 4.98 Å². The summed E-state index contributed by atoms with van der Waals surface area (Å²) in [5, 5.41) is 6.36. The zero-order chi connectivity index (χ0) is 16.4. The summed E-state index contributed by atoms with van der Waals surface area (Å²) in [6.45, 7) is 0.646. The molecule has 0 amide bonds. The number of hydrogen-bond donors (Lipinski definition) is 1. The minimum absolute atomic E-state index is 0.245. The molecule has 4 rings (SSSR count). The van der Waals surface area contributed by atoms with Gasteiger partial charge in [0.1, 0.15) is 22.8 Å². The van der Waals surface area contributed by atoms with Gasteiger partial charge in [0.2, 0.25) is 0 Å². The van der Waals surface area contributed by atoms with Crippen LogP contribution < -0.4 is 5.32 Å². The molecule has 0 saturated carbocycles. The Hall–Kier alpha value is -2.86. The highest BCUT2D eigenvalue weighted by Gasteiger charge is 2.13. The summed E-state index contributed by atoms with van der Waals surface area (Å²) >= 11 is 1.55. The molecule has 6 heteroatoms. The number of pyridine rings is 1. The first-order valence-corrected chi connectivity index (χ1v) is 8.30. The number of fused-ring (bicyclic) bond motifs is 1. The Morgan fingerprint density at radius 3 is 2.58 bits per heavy atom. The Morgan fingerprint density at radius 1 is 1.00 bits per heavy atom. The van der Waals surface area contributed by atoms with Gasteiger partial charge in [-0.2, -0.15) is 0 Å². The second kappa shape index (κ2) is 6.33. The number of hydrogen-bond acceptors (Lipinski definition) is 5. The summed E-state index contributed by atoms with van der Waals surface area (Å²) in [4.78, 5) is 13.7. The highest BCUT2D eigenvalue weighted by Crippen LogP contribution is 2.36. The lowest BCUT2D eigenvalue weighted by Crippen LogP contribution is -2.02. The number of aromatic nitrogens is 3. The molecule has 3 aromatic heterocycles. The predicted molar refractivity (Wildman–Crippen MR) is 94.4 cm³/mol. The second-order valence-corrected chi connectivity index (χ2v) is 6.13. The van der Waals surface area contributed by atoms with E-state index in [2.05, 4.69) is 20.3 Å². The molecule has 3 heterocycles. The number of nitrogens with zero attached hydrogens (tertiary/aromatic N) is 3. The maximum Gasteiger partial charge on any atom is 0.139 e. The molecule has 4 nitrogen and oxygen atoms in total. The lowest BCUT2D eigenvalue weighted by molar-refractivity contribution is 0.628. The molecule has 1 N–H and O–H groups in total. The normalized spacial score (nSPS) is 10.9. The molecule has 0 unspecified atom stereocenters. The van der Waals surface area contributed by atoms with Crippen molar-refractivity contribution in [3.05, 3.63) is 71.9 Å². The fourth-order valence-electron chi connectivity index (χ4n) is 2.54. The van der Waals surface area contributed by atoms with Gasteiger partial charge < -0.3 is 5.32 Å². The van der Waals surface area contributed by atoms with Crippen LogP contribution in [0.15, 0.2) is 60.5 Å². The fourth-order valence-corrected chi connectivity index (χ4v) is 3.45. The van der Waals surface area contributed by atoms with Crippen molar-refractivity contribution in [3.8, 4) is 11.1 Å². The molecule has 0 atom stereocenters.